The second-order valence-corrected chi connectivity index (χ2v) is 16.6. The van der Waals surface area contributed by atoms with Gasteiger partial charge in [0, 0.05) is 51.9 Å². The highest BCUT2D eigenvalue weighted by molar-refractivity contribution is 6.76. The summed E-state index contributed by atoms with van der Waals surface area (Å²) in [5, 5.41) is 9.97. The lowest BCUT2D eigenvalue weighted by Gasteiger charge is -2.23. The second kappa shape index (κ2) is 10.6. The predicted octanol–water partition coefficient (Wildman–Crippen LogP) is 4.35. The molecule has 2 atom stereocenters. The molecule has 4 rings (SSSR count). The van der Waals surface area contributed by atoms with Crippen LogP contribution in [0.2, 0.25) is 25.7 Å². The van der Waals surface area contributed by atoms with Crippen LogP contribution in [0, 0.1) is 5.92 Å². The zero-order valence-electron chi connectivity index (χ0n) is 21.6. The highest BCUT2D eigenvalue weighted by atomic mass is 28.3. The first-order chi connectivity index (χ1) is 17.4. The van der Waals surface area contributed by atoms with Crippen LogP contribution in [0.5, 0.6) is 0 Å². The average molecular weight is 538 g/mol. The molecule has 3 heterocycles. The van der Waals surface area contributed by atoms with Crippen molar-refractivity contribution in [2.45, 2.75) is 58.0 Å². The van der Waals surface area contributed by atoms with Crippen molar-refractivity contribution in [1.82, 2.24) is 19.1 Å². The largest absolute Gasteiger partial charge is 0.416 e. The molecular formula is C25H34F3N5O3Si. The summed E-state index contributed by atoms with van der Waals surface area (Å²) in [6, 6.07) is 3.77. The minimum atomic E-state index is -4.56. The number of hydrogen-bond acceptors (Lipinski definition) is 6. The summed E-state index contributed by atoms with van der Waals surface area (Å²) >= 11 is 0. The number of benzene rings is 1. The maximum Gasteiger partial charge on any atom is 0.416 e. The number of ether oxygens (including phenoxy) is 1. The smallest absolute Gasteiger partial charge is 0.396 e. The molecule has 37 heavy (non-hydrogen) atoms. The van der Waals surface area contributed by atoms with Gasteiger partial charge in [0.1, 0.15) is 12.5 Å². The van der Waals surface area contributed by atoms with Crippen molar-refractivity contribution in [3.8, 4) is 0 Å². The van der Waals surface area contributed by atoms with Gasteiger partial charge in [-0.25, -0.2) is 9.78 Å². The van der Waals surface area contributed by atoms with Gasteiger partial charge in [-0.2, -0.15) is 18.2 Å². The molecule has 1 aliphatic rings. The molecule has 8 nitrogen and oxygen atoms in total. The zero-order valence-corrected chi connectivity index (χ0v) is 22.6. The molecule has 0 aliphatic carbocycles. The van der Waals surface area contributed by atoms with Gasteiger partial charge in [-0.1, -0.05) is 19.6 Å². The summed E-state index contributed by atoms with van der Waals surface area (Å²) in [7, 11) is -1.21. The Morgan fingerprint density at radius 2 is 2.03 bits per heavy atom. The van der Waals surface area contributed by atoms with Crippen LogP contribution >= 0.6 is 0 Å². The molecule has 12 heteroatoms. The van der Waals surface area contributed by atoms with Gasteiger partial charge in [0.25, 0.3) is 0 Å². The summed E-state index contributed by atoms with van der Waals surface area (Å²) in [5.41, 5.74) is -0.826. The Morgan fingerprint density at radius 1 is 1.27 bits per heavy atom. The van der Waals surface area contributed by atoms with E-state index in [0.29, 0.717) is 43.3 Å². The number of fused-ring (bicyclic) bond motifs is 1. The van der Waals surface area contributed by atoms with Gasteiger partial charge in [-0.3, -0.25) is 4.57 Å². The molecule has 0 saturated carbocycles. The Bertz CT molecular complexity index is 1300. The third kappa shape index (κ3) is 6.24. The fourth-order valence-corrected chi connectivity index (χ4v) is 5.29. The first-order valence-corrected chi connectivity index (χ1v) is 16.2. The van der Waals surface area contributed by atoms with E-state index in [1.807, 2.05) is 4.90 Å². The van der Waals surface area contributed by atoms with E-state index >= 15 is 0 Å². The molecule has 1 aromatic carbocycles. The van der Waals surface area contributed by atoms with E-state index in [1.54, 1.807) is 24.0 Å². The zero-order chi connectivity index (χ0) is 27.0. The van der Waals surface area contributed by atoms with Gasteiger partial charge in [-0.05, 0) is 37.6 Å². The van der Waals surface area contributed by atoms with Gasteiger partial charge >= 0.3 is 11.9 Å². The van der Waals surface area contributed by atoms with Gasteiger partial charge in [-0.15, -0.1) is 0 Å². The van der Waals surface area contributed by atoms with E-state index in [9.17, 15) is 23.1 Å². The van der Waals surface area contributed by atoms with Gasteiger partial charge in [0.05, 0.1) is 29.1 Å². The average Bonchev–Trinajstić information content (AvgIpc) is 3.49. The van der Waals surface area contributed by atoms with Crippen molar-refractivity contribution in [3.05, 3.63) is 52.5 Å². The van der Waals surface area contributed by atoms with Crippen LogP contribution in [0.4, 0.5) is 19.0 Å². The summed E-state index contributed by atoms with van der Waals surface area (Å²) in [6.45, 7) is 10.5. The quantitative estimate of drug-likeness (QED) is 0.323. The van der Waals surface area contributed by atoms with Crippen LogP contribution in [0.25, 0.3) is 10.9 Å². The van der Waals surface area contributed by atoms with E-state index in [4.69, 9.17) is 4.74 Å². The highest BCUT2D eigenvalue weighted by Crippen LogP contribution is 2.35. The van der Waals surface area contributed by atoms with Crippen LogP contribution in [-0.4, -0.2) is 58.6 Å². The molecule has 0 amide bonds. The maximum absolute atomic E-state index is 13.6. The normalized spacial score (nSPS) is 17.6. The van der Waals surface area contributed by atoms with E-state index in [1.165, 1.54) is 10.6 Å². The lowest BCUT2D eigenvalue weighted by Crippen LogP contribution is -2.31. The number of alkyl halides is 3. The first-order valence-electron chi connectivity index (χ1n) is 12.5. The maximum atomic E-state index is 13.6. The number of rotatable bonds is 9. The molecule has 3 aromatic rings. The van der Waals surface area contributed by atoms with E-state index in [0.717, 1.165) is 24.6 Å². The van der Waals surface area contributed by atoms with Crippen LogP contribution < -0.4 is 10.6 Å². The van der Waals surface area contributed by atoms with Crippen molar-refractivity contribution < 1.29 is 23.0 Å². The number of aliphatic hydroxyl groups is 1. The molecule has 1 unspecified atom stereocenters. The number of anilines is 1. The van der Waals surface area contributed by atoms with E-state index < -0.39 is 31.5 Å². The molecule has 202 valence electrons. The summed E-state index contributed by atoms with van der Waals surface area (Å²) in [4.78, 5) is 23.8. The third-order valence-electron chi connectivity index (χ3n) is 6.78. The molecule has 0 spiro atoms. The number of aliphatic hydroxyl groups excluding tert-OH is 1. The minimum Gasteiger partial charge on any atom is -0.396 e. The van der Waals surface area contributed by atoms with Gasteiger partial charge in [0.2, 0.25) is 0 Å². The Morgan fingerprint density at radius 3 is 2.68 bits per heavy atom. The monoisotopic (exact) mass is 537 g/mol. The van der Waals surface area contributed by atoms with Crippen molar-refractivity contribution in [3.63, 3.8) is 0 Å². The Kier molecular flexibility index (Phi) is 7.82. The van der Waals surface area contributed by atoms with Crippen molar-refractivity contribution in [2.24, 2.45) is 5.92 Å². The second-order valence-electron chi connectivity index (χ2n) is 10.9. The Hall–Kier alpha value is -2.70. The molecular weight excluding hydrogens is 503 g/mol. The number of aromatic nitrogens is 4. The third-order valence-corrected chi connectivity index (χ3v) is 8.49. The van der Waals surface area contributed by atoms with E-state index in [-0.39, 0.29) is 18.0 Å². The highest BCUT2D eigenvalue weighted by Gasteiger charge is 2.33. The predicted molar refractivity (Wildman–Crippen MR) is 139 cm³/mol. The van der Waals surface area contributed by atoms with Crippen LogP contribution in [0.1, 0.15) is 30.6 Å². The molecule has 1 saturated heterocycles. The number of nitrogens with zero attached hydrogens (tertiary/aromatic N) is 5. The van der Waals surface area contributed by atoms with Gasteiger partial charge < -0.3 is 19.3 Å². The summed E-state index contributed by atoms with van der Waals surface area (Å²) in [6.07, 6.45) is -0.509. The van der Waals surface area contributed by atoms with Crippen LogP contribution in [-0.2, 0) is 17.6 Å². The molecule has 1 aliphatic heterocycles. The van der Waals surface area contributed by atoms with E-state index in [2.05, 4.69) is 29.6 Å². The van der Waals surface area contributed by atoms with Crippen LogP contribution in [0.15, 0.2) is 35.5 Å². The van der Waals surface area contributed by atoms with Gasteiger partial charge in [0.15, 0.2) is 0 Å². The van der Waals surface area contributed by atoms with Crippen molar-refractivity contribution >= 4 is 24.8 Å². The molecule has 1 N–H and O–H groups in total. The summed E-state index contributed by atoms with van der Waals surface area (Å²) < 4.78 is 49.7. The van der Waals surface area contributed by atoms with Crippen molar-refractivity contribution in [2.75, 3.05) is 31.2 Å². The molecule has 1 fully saturated rings. The topological polar surface area (TPSA) is 85.4 Å². The lowest BCUT2D eigenvalue weighted by molar-refractivity contribution is -0.137. The minimum absolute atomic E-state index is 0.00523. The number of imidazole rings is 1. The van der Waals surface area contributed by atoms with Crippen LogP contribution in [0.3, 0.4) is 0 Å². The summed E-state index contributed by atoms with van der Waals surface area (Å²) in [5.74, 6) is 0.374. The molecule has 0 bridgehead atoms. The number of halogens is 3. The first kappa shape index (κ1) is 27.3. The molecule has 0 radical (unpaired) electrons. The SMILES string of the molecule is CC(c1cn(COCC[Si](C)(C)C)cn1)n1c(=O)nc(N2CC[C@H](CO)C2)c2ccc(C(F)(F)F)cc21. The fourth-order valence-electron chi connectivity index (χ4n) is 4.54. The lowest BCUT2D eigenvalue weighted by atomic mass is 10.1. The Labute approximate surface area is 214 Å². The number of hydrogen-bond donors (Lipinski definition) is 1. The standard InChI is InChI=1S/C25H34F3N5O3Si/c1-17(21-13-31(15-29-21)16-36-9-10-37(2,3)4)33-22-11-19(25(26,27)28)5-6-20(22)23(30-24(33)35)32-8-7-18(12-32)14-34/h5-6,11,13,15,17-18,34H,7-10,12,14,16H2,1-4H3/t17?,18-/m0/s1. The molecule has 2 aromatic heterocycles. The Balaban J connectivity index is 1.69. The fraction of sp³-hybridized carbons (Fsp3) is 0.560. The van der Waals surface area contributed by atoms with Crippen molar-refractivity contribution in [1.29, 1.82) is 0 Å².